The Balaban J connectivity index is 1.92. The summed E-state index contributed by atoms with van der Waals surface area (Å²) in [5.74, 6) is 4.89. The molecule has 1 aromatic carbocycles. The number of carbonyl (C=O) groups is 1. The molecule has 2 heterocycles. The van der Waals surface area contributed by atoms with Crippen molar-refractivity contribution >= 4 is 44.1 Å². The van der Waals surface area contributed by atoms with E-state index in [0.29, 0.717) is 4.88 Å². The van der Waals surface area contributed by atoms with Crippen LogP contribution in [0.3, 0.4) is 0 Å². The molecule has 0 bridgehead atoms. The molecule has 0 radical (unpaired) electrons. The molecule has 0 saturated heterocycles. The predicted molar refractivity (Wildman–Crippen MR) is 84.7 cm³/mol. The lowest BCUT2D eigenvalue weighted by molar-refractivity contribution is 0.0957. The van der Waals surface area contributed by atoms with Gasteiger partial charge in [-0.2, -0.15) is 0 Å². The number of nitrogen functional groups attached to an aromatic ring is 1. The number of halogens is 1. The minimum atomic E-state index is -0.249. The zero-order chi connectivity index (χ0) is 14.1. The second kappa shape index (κ2) is 5.40. The summed E-state index contributed by atoms with van der Waals surface area (Å²) in [6, 6.07) is 12.0. The summed E-state index contributed by atoms with van der Waals surface area (Å²) in [5, 5.41) is 1.18. The molecule has 0 spiro atoms. The Hall–Kier alpha value is -1.63. The maximum atomic E-state index is 11.4. The molecule has 0 aliphatic rings. The topological polar surface area (TPSA) is 60.0 Å². The van der Waals surface area contributed by atoms with E-state index in [4.69, 9.17) is 5.84 Å². The number of rotatable bonds is 3. The van der Waals surface area contributed by atoms with Crippen molar-refractivity contribution in [2.75, 3.05) is 0 Å². The lowest BCUT2D eigenvalue weighted by Gasteiger charge is -2.03. The van der Waals surface area contributed by atoms with Crippen LogP contribution in [0.1, 0.15) is 14.5 Å². The highest BCUT2D eigenvalue weighted by atomic mass is 79.9. The Morgan fingerprint density at radius 3 is 2.95 bits per heavy atom. The van der Waals surface area contributed by atoms with Gasteiger partial charge >= 0.3 is 0 Å². The first-order valence-corrected chi connectivity index (χ1v) is 7.63. The van der Waals surface area contributed by atoms with Gasteiger partial charge in [0.1, 0.15) is 0 Å². The molecule has 0 unspecified atom stereocenters. The fourth-order valence-electron chi connectivity index (χ4n) is 2.15. The second-order valence-corrected chi connectivity index (χ2v) is 6.38. The summed E-state index contributed by atoms with van der Waals surface area (Å²) in [4.78, 5) is 13.2. The molecule has 1 amide bonds. The van der Waals surface area contributed by atoms with E-state index in [1.165, 1.54) is 16.7 Å². The van der Waals surface area contributed by atoms with E-state index in [0.717, 1.165) is 21.4 Å². The van der Waals surface area contributed by atoms with Crippen molar-refractivity contribution in [3.63, 3.8) is 0 Å². The number of nitrogens with two attached hydrogens (primary N) is 1. The van der Waals surface area contributed by atoms with Crippen molar-refractivity contribution in [3.8, 4) is 0 Å². The van der Waals surface area contributed by atoms with Gasteiger partial charge < -0.3 is 4.57 Å². The van der Waals surface area contributed by atoms with Gasteiger partial charge in [0.15, 0.2) is 0 Å². The second-order valence-electron chi connectivity index (χ2n) is 4.36. The maximum absolute atomic E-state index is 11.4. The molecule has 6 heteroatoms. The van der Waals surface area contributed by atoms with E-state index < -0.39 is 0 Å². The Labute approximate surface area is 128 Å². The van der Waals surface area contributed by atoms with Gasteiger partial charge in [0.05, 0.1) is 11.4 Å². The quantitative estimate of drug-likeness (QED) is 0.433. The van der Waals surface area contributed by atoms with Crippen molar-refractivity contribution in [2.45, 2.75) is 6.54 Å². The number of nitrogens with one attached hydrogen (secondary N) is 1. The molecule has 2 aromatic heterocycles. The fraction of sp³-hybridized carbons (Fsp3) is 0.0714. The van der Waals surface area contributed by atoms with E-state index in [1.54, 1.807) is 6.07 Å². The number of fused-ring (bicyclic) bond motifs is 1. The van der Waals surface area contributed by atoms with Crippen LogP contribution in [0, 0.1) is 0 Å². The molecule has 0 aliphatic heterocycles. The maximum Gasteiger partial charge on any atom is 0.275 e. The summed E-state index contributed by atoms with van der Waals surface area (Å²) in [5.41, 5.74) is 3.31. The number of hydrogen-bond acceptors (Lipinski definition) is 3. The number of hydrazine groups is 1. The summed E-state index contributed by atoms with van der Waals surface area (Å²) >= 11 is 5.00. The zero-order valence-corrected chi connectivity index (χ0v) is 12.9. The molecule has 20 heavy (non-hydrogen) atoms. The van der Waals surface area contributed by atoms with Gasteiger partial charge in [0, 0.05) is 26.4 Å². The summed E-state index contributed by atoms with van der Waals surface area (Å²) < 4.78 is 3.25. The average Bonchev–Trinajstić information content (AvgIpc) is 3.07. The Bertz CT molecular complexity index is 778. The molecular weight excluding hydrogens is 338 g/mol. The first kappa shape index (κ1) is 13.4. The van der Waals surface area contributed by atoms with Gasteiger partial charge in [-0.1, -0.05) is 22.0 Å². The molecular formula is C14H12BrN3OS. The minimum absolute atomic E-state index is 0.249. The number of hydrogen-bond donors (Lipinski definition) is 2. The molecule has 4 nitrogen and oxygen atoms in total. The van der Waals surface area contributed by atoms with E-state index in [-0.39, 0.29) is 5.91 Å². The number of carbonyl (C=O) groups excluding carboxylic acids is 1. The summed E-state index contributed by atoms with van der Waals surface area (Å²) in [7, 11) is 0. The van der Waals surface area contributed by atoms with Crippen LogP contribution in [0.25, 0.3) is 10.9 Å². The molecule has 0 aliphatic carbocycles. The number of aromatic nitrogens is 1. The number of amides is 1. The van der Waals surface area contributed by atoms with Gasteiger partial charge in [-0.15, -0.1) is 11.3 Å². The molecule has 0 fully saturated rings. The van der Waals surface area contributed by atoms with Crippen LogP contribution in [0.5, 0.6) is 0 Å². The monoisotopic (exact) mass is 349 g/mol. The van der Waals surface area contributed by atoms with Crippen molar-refractivity contribution in [2.24, 2.45) is 5.84 Å². The normalized spacial score (nSPS) is 10.9. The van der Waals surface area contributed by atoms with Crippen molar-refractivity contribution in [1.82, 2.24) is 9.99 Å². The molecule has 3 rings (SSSR count). The first-order valence-electron chi connectivity index (χ1n) is 6.02. The SMILES string of the molecule is NNC(=O)c1ccc(Cn2ccc3c(Br)cccc32)s1. The molecule has 3 N–H and O–H groups in total. The molecule has 0 saturated carbocycles. The van der Waals surface area contributed by atoms with Crippen molar-refractivity contribution < 1.29 is 4.79 Å². The third-order valence-electron chi connectivity index (χ3n) is 3.10. The summed E-state index contributed by atoms with van der Waals surface area (Å²) in [6.07, 6.45) is 2.05. The highest BCUT2D eigenvalue weighted by Gasteiger charge is 2.09. The van der Waals surface area contributed by atoms with Gasteiger partial charge in [0.2, 0.25) is 0 Å². The highest BCUT2D eigenvalue weighted by Crippen LogP contribution is 2.26. The highest BCUT2D eigenvalue weighted by molar-refractivity contribution is 9.10. The lowest BCUT2D eigenvalue weighted by atomic mass is 10.2. The third kappa shape index (κ3) is 2.37. The average molecular weight is 350 g/mol. The van der Waals surface area contributed by atoms with Crippen LogP contribution in [0.4, 0.5) is 0 Å². The van der Waals surface area contributed by atoms with Crippen LogP contribution < -0.4 is 11.3 Å². The zero-order valence-electron chi connectivity index (χ0n) is 10.5. The fourth-order valence-corrected chi connectivity index (χ4v) is 3.55. The standard InChI is InChI=1S/C14H12BrN3OS/c15-11-2-1-3-12-10(11)6-7-18(12)8-9-4-5-13(20-9)14(19)17-16/h1-7H,8,16H2,(H,17,19). The van der Waals surface area contributed by atoms with E-state index in [9.17, 15) is 4.79 Å². The number of benzene rings is 1. The number of thiophene rings is 1. The van der Waals surface area contributed by atoms with E-state index >= 15 is 0 Å². The van der Waals surface area contributed by atoms with Crippen molar-refractivity contribution in [3.05, 3.63) is 56.8 Å². The van der Waals surface area contributed by atoms with Crippen LogP contribution in [-0.2, 0) is 6.54 Å². The smallest absolute Gasteiger partial charge is 0.275 e. The Morgan fingerprint density at radius 1 is 1.30 bits per heavy atom. The molecule has 0 atom stereocenters. The van der Waals surface area contributed by atoms with E-state index in [2.05, 4.69) is 44.3 Å². The first-order chi connectivity index (χ1) is 9.69. The minimum Gasteiger partial charge on any atom is -0.342 e. The Morgan fingerprint density at radius 2 is 2.15 bits per heavy atom. The van der Waals surface area contributed by atoms with E-state index in [1.807, 2.05) is 18.2 Å². The molecule has 102 valence electrons. The largest absolute Gasteiger partial charge is 0.342 e. The van der Waals surface area contributed by atoms with Crippen LogP contribution in [-0.4, -0.2) is 10.5 Å². The van der Waals surface area contributed by atoms with Crippen LogP contribution in [0.15, 0.2) is 47.1 Å². The lowest BCUT2D eigenvalue weighted by Crippen LogP contribution is -2.29. The predicted octanol–water partition coefficient (Wildman–Crippen LogP) is 3.12. The Kier molecular flexibility index (Phi) is 3.60. The van der Waals surface area contributed by atoms with Crippen LogP contribution in [0.2, 0.25) is 0 Å². The van der Waals surface area contributed by atoms with Crippen molar-refractivity contribution in [1.29, 1.82) is 0 Å². The van der Waals surface area contributed by atoms with Gasteiger partial charge in [-0.25, -0.2) is 5.84 Å². The van der Waals surface area contributed by atoms with Gasteiger partial charge in [-0.3, -0.25) is 10.2 Å². The van der Waals surface area contributed by atoms with Gasteiger partial charge in [-0.05, 0) is 30.3 Å². The third-order valence-corrected chi connectivity index (χ3v) is 4.86. The van der Waals surface area contributed by atoms with Gasteiger partial charge in [0.25, 0.3) is 5.91 Å². The summed E-state index contributed by atoms with van der Waals surface area (Å²) in [6.45, 7) is 0.739. The van der Waals surface area contributed by atoms with Crippen LogP contribution >= 0.6 is 27.3 Å². The molecule has 3 aromatic rings. The number of nitrogens with zero attached hydrogens (tertiary/aromatic N) is 1.